The van der Waals surface area contributed by atoms with Crippen molar-refractivity contribution in [2.75, 3.05) is 19.5 Å². The summed E-state index contributed by atoms with van der Waals surface area (Å²) >= 11 is 0. The number of carbonyl (C=O) groups excluding carboxylic acids is 2. The summed E-state index contributed by atoms with van der Waals surface area (Å²) in [6, 6.07) is 10.9. The Bertz CT molecular complexity index is 1230. The largest absolute Gasteiger partial charge is 0.668 e. The number of aliphatic hydroxyl groups excluding tert-OH is 1. The molecule has 0 aliphatic carbocycles. The Labute approximate surface area is 237 Å². The molecule has 1 aromatic carbocycles. The number of anilines is 1. The highest BCUT2D eigenvalue weighted by atomic mass is 16.5. The van der Waals surface area contributed by atoms with Crippen LogP contribution >= 0.6 is 0 Å². The molecule has 0 radical (unpaired) electrons. The van der Waals surface area contributed by atoms with E-state index in [-0.39, 0.29) is 48.4 Å². The van der Waals surface area contributed by atoms with E-state index in [2.05, 4.69) is 16.9 Å². The van der Waals surface area contributed by atoms with E-state index in [1.54, 1.807) is 24.5 Å². The molecule has 2 atom stereocenters. The van der Waals surface area contributed by atoms with Crippen LogP contribution in [0.4, 0.5) is 5.82 Å². The Morgan fingerprint density at radius 2 is 1.85 bits per heavy atom. The number of nitrogens with zero attached hydrogens (tertiary/aromatic N) is 2. The van der Waals surface area contributed by atoms with Crippen LogP contribution in [-0.4, -0.2) is 40.5 Å². The molecule has 2 unspecified atom stereocenters. The maximum atomic E-state index is 12.6. The van der Waals surface area contributed by atoms with Gasteiger partial charge in [0.1, 0.15) is 17.4 Å². The Hall–Kier alpha value is -3.65. The number of aryl methyl sites for hydroxylation is 1. The predicted octanol–water partition coefficient (Wildman–Crippen LogP) is 5.14. The second-order valence-electron chi connectivity index (χ2n) is 10.4. The summed E-state index contributed by atoms with van der Waals surface area (Å²) in [7, 11) is 1.48. The number of carbonyl (C=O) groups is 2. The molecule has 2 heterocycles. The molecule has 0 bridgehead atoms. The molecule has 0 spiro atoms. The Morgan fingerprint density at radius 1 is 1.07 bits per heavy atom. The number of nitrogens with two attached hydrogens (primary N) is 1. The highest BCUT2D eigenvalue weighted by Gasteiger charge is 2.29. The number of Topliss-reactive ketones (excluding diaryl/α,β-unsaturated/α-hetero) is 2. The quantitative estimate of drug-likeness (QED) is 0.147. The highest BCUT2D eigenvalue weighted by Crippen LogP contribution is 2.43. The number of phenols is 1. The number of aromatic hydroxyl groups is 1. The van der Waals surface area contributed by atoms with Crippen LogP contribution in [0.15, 0.2) is 48.8 Å². The molecule has 4 N–H and O–H groups in total. The van der Waals surface area contributed by atoms with Crippen molar-refractivity contribution in [3.05, 3.63) is 71.2 Å². The van der Waals surface area contributed by atoms with Crippen molar-refractivity contribution < 1.29 is 24.5 Å². The van der Waals surface area contributed by atoms with Gasteiger partial charge in [0.15, 0.2) is 11.5 Å². The lowest BCUT2D eigenvalue weighted by Crippen LogP contribution is -2.22. The Kier molecular flexibility index (Phi) is 12.2. The summed E-state index contributed by atoms with van der Waals surface area (Å²) < 4.78 is 5.50. The lowest BCUT2D eigenvalue weighted by Gasteiger charge is -2.29. The van der Waals surface area contributed by atoms with E-state index in [1.807, 2.05) is 24.3 Å². The zero-order chi connectivity index (χ0) is 28.9. The van der Waals surface area contributed by atoms with Gasteiger partial charge < -0.3 is 25.7 Å². The second-order valence-corrected chi connectivity index (χ2v) is 10.4. The molecule has 8 heteroatoms. The number of methoxy groups -OCH3 is 1. The normalized spacial score (nSPS) is 12.7. The van der Waals surface area contributed by atoms with Crippen molar-refractivity contribution in [3.8, 4) is 11.5 Å². The molecule has 0 aliphatic heterocycles. The summed E-state index contributed by atoms with van der Waals surface area (Å²) in [5.74, 6) is -0.323. The second kappa shape index (κ2) is 15.8. The summed E-state index contributed by atoms with van der Waals surface area (Å²) in [4.78, 5) is 33.4. The minimum absolute atomic E-state index is 0.00674. The van der Waals surface area contributed by atoms with Gasteiger partial charge in [-0.1, -0.05) is 50.8 Å². The number of aromatic nitrogens is 2. The molecule has 0 fully saturated rings. The van der Waals surface area contributed by atoms with Gasteiger partial charge in [-0.25, -0.2) is 4.98 Å². The van der Waals surface area contributed by atoms with E-state index in [4.69, 9.17) is 10.5 Å². The standard InChI is InChI=1S/C32H42N3O5/c1-3-4-5-6-7-10-26(37)20-27(38)12-11-22-16-28(32(39)29(17-22)40-2)31(23-13-15-35-30(33)19-23)24(21-36)18-25-9-8-14-34-25/h8-9,13-17,19,24,31,36,39H,3-7,10-12,18,20-21H2,1-2H3,(H2,33,35)/q-1. The van der Waals surface area contributed by atoms with Crippen LogP contribution in [-0.2, 0) is 22.4 Å². The monoisotopic (exact) mass is 548 g/mol. The summed E-state index contributed by atoms with van der Waals surface area (Å²) in [6.45, 7) is 1.99. The molecule has 2 aromatic heterocycles. The molecular weight excluding hydrogens is 506 g/mol. The van der Waals surface area contributed by atoms with Gasteiger partial charge in [0, 0.05) is 37.1 Å². The lowest BCUT2D eigenvalue weighted by atomic mass is 9.78. The van der Waals surface area contributed by atoms with Crippen molar-refractivity contribution in [3.63, 3.8) is 0 Å². The van der Waals surface area contributed by atoms with Crippen molar-refractivity contribution in [2.24, 2.45) is 5.92 Å². The van der Waals surface area contributed by atoms with Gasteiger partial charge in [-0.15, -0.1) is 0 Å². The van der Waals surface area contributed by atoms with Gasteiger partial charge in [-0.05, 0) is 54.5 Å². The third kappa shape index (κ3) is 8.95. The number of benzene rings is 1. The van der Waals surface area contributed by atoms with E-state index in [9.17, 15) is 19.8 Å². The molecule has 0 aliphatic rings. The van der Waals surface area contributed by atoms with Crippen LogP contribution < -0.4 is 15.5 Å². The Morgan fingerprint density at radius 3 is 2.52 bits per heavy atom. The first-order chi connectivity index (χ1) is 19.4. The fourth-order valence-corrected chi connectivity index (χ4v) is 5.21. The van der Waals surface area contributed by atoms with Crippen molar-refractivity contribution in [1.29, 1.82) is 0 Å². The van der Waals surface area contributed by atoms with Gasteiger partial charge in [-0.2, -0.15) is 11.9 Å². The fourth-order valence-electron chi connectivity index (χ4n) is 5.21. The average Bonchev–Trinajstić information content (AvgIpc) is 3.46. The van der Waals surface area contributed by atoms with Gasteiger partial charge in [-0.3, -0.25) is 9.59 Å². The van der Waals surface area contributed by atoms with Gasteiger partial charge in [0.25, 0.3) is 0 Å². The molecule has 0 saturated carbocycles. The van der Waals surface area contributed by atoms with Crippen LogP contribution in [0.5, 0.6) is 11.5 Å². The zero-order valence-electron chi connectivity index (χ0n) is 23.6. The predicted molar refractivity (Wildman–Crippen MR) is 156 cm³/mol. The van der Waals surface area contributed by atoms with Crippen LogP contribution in [0.3, 0.4) is 0 Å². The van der Waals surface area contributed by atoms with Crippen LogP contribution in [0, 0.1) is 5.92 Å². The number of nitrogen functional groups attached to an aromatic ring is 1. The van der Waals surface area contributed by atoms with E-state index < -0.39 is 5.92 Å². The number of pyridine rings is 1. The SMILES string of the molecule is CCCCCCCC(=O)CC(=O)CCc1cc(OC)c(O)c(C(c2ccnc(N)c2)C(CO)Cc2ccc[n-]2)c1. The molecule has 0 amide bonds. The first kappa shape index (κ1) is 30.9. The number of rotatable bonds is 18. The molecule has 3 aromatic rings. The smallest absolute Gasteiger partial charge is 0.161 e. The maximum Gasteiger partial charge on any atom is 0.161 e. The van der Waals surface area contributed by atoms with Crippen LogP contribution in [0.2, 0.25) is 0 Å². The van der Waals surface area contributed by atoms with Crippen molar-refractivity contribution in [2.45, 2.75) is 77.0 Å². The maximum absolute atomic E-state index is 12.6. The molecule has 216 valence electrons. The first-order valence-electron chi connectivity index (χ1n) is 14.2. The van der Waals surface area contributed by atoms with Crippen molar-refractivity contribution in [1.82, 2.24) is 9.97 Å². The summed E-state index contributed by atoms with van der Waals surface area (Å²) in [5.41, 5.74) is 8.97. The number of hydrogen-bond acceptors (Lipinski definition) is 7. The number of phenolic OH excluding ortho intramolecular Hbond substituents is 1. The number of hydrogen-bond donors (Lipinski definition) is 3. The summed E-state index contributed by atoms with van der Waals surface area (Å²) in [6.07, 6.45) is 10.1. The van der Waals surface area contributed by atoms with Gasteiger partial charge in [0.05, 0.1) is 13.5 Å². The van der Waals surface area contributed by atoms with Crippen molar-refractivity contribution >= 4 is 17.4 Å². The number of unbranched alkanes of at least 4 members (excludes halogenated alkanes) is 4. The zero-order valence-corrected chi connectivity index (χ0v) is 23.6. The average molecular weight is 549 g/mol. The highest BCUT2D eigenvalue weighted by molar-refractivity contribution is 5.99. The van der Waals surface area contributed by atoms with Crippen LogP contribution in [0.25, 0.3) is 0 Å². The number of ketones is 2. The van der Waals surface area contributed by atoms with E-state index >= 15 is 0 Å². The molecule has 40 heavy (non-hydrogen) atoms. The number of ether oxygens (including phenoxy) is 1. The van der Waals surface area contributed by atoms with E-state index in [0.29, 0.717) is 30.6 Å². The first-order valence-corrected chi connectivity index (χ1v) is 14.2. The molecular formula is C32H42N3O5-. The molecule has 8 nitrogen and oxygen atoms in total. The minimum atomic E-state index is -0.453. The van der Waals surface area contributed by atoms with E-state index in [0.717, 1.165) is 42.5 Å². The van der Waals surface area contributed by atoms with Gasteiger partial charge in [0.2, 0.25) is 0 Å². The lowest BCUT2D eigenvalue weighted by molar-refractivity contribution is -0.127. The topological polar surface area (TPSA) is 137 Å². The summed E-state index contributed by atoms with van der Waals surface area (Å²) in [5, 5.41) is 21.7. The third-order valence-corrected chi connectivity index (χ3v) is 7.32. The molecule has 3 rings (SSSR count). The van der Waals surface area contributed by atoms with Crippen LogP contribution in [0.1, 0.15) is 86.6 Å². The third-order valence-electron chi connectivity index (χ3n) is 7.32. The fraction of sp³-hybridized carbons (Fsp3) is 0.469. The van der Waals surface area contributed by atoms with E-state index in [1.165, 1.54) is 13.5 Å². The number of aliphatic hydroxyl groups is 1. The Balaban J connectivity index is 1.82. The van der Waals surface area contributed by atoms with Gasteiger partial charge >= 0.3 is 0 Å². The minimum Gasteiger partial charge on any atom is -0.668 e. The molecule has 0 saturated heterocycles.